The van der Waals surface area contributed by atoms with Crippen molar-refractivity contribution in [3.05, 3.63) is 57.0 Å². The number of nitrogens with zero attached hydrogens (tertiary/aromatic N) is 3. The van der Waals surface area contributed by atoms with Crippen LogP contribution in [0, 0.1) is 20.8 Å². The Morgan fingerprint density at radius 2 is 1.70 bits per heavy atom. The molecule has 0 saturated carbocycles. The van der Waals surface area contributed by atoms with Gasteiger partial charge in [0, 0.05) is 24.8 Å². The van der Waals surface area contributed by atoms with Gasteiger partial charge in [0.15, 0.2) is 0 Å². The van der Waals surface area contributed by atoms with E-state index in [1.54, 1.807) is 4.90 Å². The first kappa shape index (κ1) is 18.8. The van der Waals surface area contributed by atoms with Gasteiger partial charge in [-0.05, 0) is 50.8 Å². The maximum Gasteiger partial charge on any atom is 0.274 e. The lowest BCUT2D eigenvalue weighted by atomic mass is 10.1. The molecule has 1 aromatic carbocycles. The van der Waals surface area contributed by atoms with Crippen LogP contribution in [0.15, 0.2) is 29.1 Å². The molecule has 1 aromatic heterocycles. The first-order valence-corrected chi connectivity index (χ1v) is 9.10. The molecule has 0 atom stereocenters. The average molecular weight is 368 g/mol. The van der Waals surface area contributed by atoms with Gasteiger partial charge in [-0.2, -0.15) is 5.10 Å². The number of anilines is 1. The minimum Gasteiger partial charge on any atom is -0.337 e. The van der Waals surface area contributed by atoms with Crippen LogP contribution in [0.1, 0.15) is 40.0 Å². The summed E-state index contributed by atoms with van der Waals surface area (Å²) in [6.45, 7) is 7.01. The van der Waals surface area contributed by atoms with Crippen LogP contribution in [0.4, 0.5) is 5.69 Å². The fraction of sp³-hybridized carbons (Fsp3) is 0.400. The summed E-state index contributed by atoms with van der Waals surface area (Å²) in [6, 6.07) is 6.68. The quantitative estimate of drug-likeness (QED) is 0.895. The van der Waals surface area contributed by atoms with Gasteiger partial charge in [-0.25, -0.2) is 4.68 Å². The van der Waals surface area contributed by atoms with Crippen molar-refractivity contribution in [3.63, 3.8) is 0 Å². The summed E-state index contributed by atoms with van der Waals surface area (Å²) in [5, 5.41) is 6.96. The molecule has 0 bridgehead atoms. The number of carbonyl (C=O) groups is 2. The predicted molar refractivity (Wildman–Crippen MR) is 103 cm³/mol. The van der Waals surface area contributed by atoms with Gasteiger partial charge in [0.2, 0.25) is 5.91 Å². The number of rotatable bonds is 4. The highest BCUT2D eigenvalue weighted by Crippen LogP contribution is 2.21. The topological polar surface area (TPSA) is 84.3 Å². The summed E-state index contributed by atoms with van der Waals surface area (Å²) in [5.74, 6) is -0.558. The second-order valence-electron chi connectivity index (χ2n) is 7.04. The molecule has 142 valence electrons. The number of benzene rings is 1. The van der Waals surface area contributed by atoms with Gasteiger partial charge in [-0.15, -0.1) is 0 Å². The van der Waals surface area contributed by atoms with Crippen LogP contribution in [0.2, 0.25) is 0 Å². The van der Waals surface area contributed by atoms with Crippen LogP contribution < -0.4 is 10.9 Å². The van der Waals surface area contributed by atoms with Crippen molar-refractivity contribution in [3.8, 4) is 0 Å². The van der Waals surface area contributed by atoms with Crippen LogP contribution in [-0.4, -0.2) is 39.6 Å². The summed E-state index contributed by atoms with van der Waals surface area (Å²) in [6.07, 6.45) is 1.95. The second kappa shape index (κ2) is 7.73. The van der Waals surface area contributed by atoms with Crippen molar-refractivity contribution < 1.29 is 9.59 Å². The van der Waals surface area contributed by atoms with Crippen LogP contribution in [0.25, 0.3) is 0 Å². The van der Waals surface area contributed by atoms with Crippen molar-refractivity contribution >= 4 is 17.5 Å². The molecule has 7 heteroatoms. The number of hydrogen-bond donors (Lipinski definition) is 1. The molecule has 2 heterocycles. The molecule has 2 aromatic rings. The molecular formula is C20H24N4O3. The number of nitrogens with one attached hydrogen (secondary N) is 1. The van der Waals surface area contributed by atoms with Gasteiger partial charge in [-0.3, -0.25) is 14.4 Å². The minimum atomic E-state index is -0.416. The number of amides is 2. The monoisotopic (exact) mass is 368 g/mol. The van der Waals surface area contributed by atoms with E-state index >= 15 is 0 Å². The van der Waals surface area contributed by atoms with E-state index in [0.29, 0.717) is 13.1 Å². The number of aromatic nitrogens is 2. The molecule has 27 heavy (non-hydrogen) atoms. The fourth-order valence-electron chi connectivity index (χ4n) is 3.45. The average Bonchev–Trinajstić information content (AvgIpc) is 3.14. The maximum atomic E-state index is 12.5. The molecule has 0 aliphatic carbocycles. The first-order chi connectivity index (χ1) is 12.8. The van der Waals surface area contributed by atoms with Crippen molar-refractivity contribution in [2.24, 2.45) is 0 Å². The van der Waals surface area contributed by atoms with E-state index in [-0.39, 0.29) is 24.1 Å². The molecule has 7 nitrogen and oxygen atoms in total. The zero-order valence-corrected chi connectivity index (χ0v) is 15.9. The Morgan fingerprint density at radius 3 is 2.33 bits per heavy atom. The van der Waals surface area contributed by atoms with Gasteiger partial charge in [-0.1, -0.05) is 17.7 Å². The van der Waals surface area contributed by atoms with Gasteiger partial charge < -0.3 is 10.2 Å². The molecule has 3 rings (SSSR count). The zero-order chi connectivity index (χ0) is 19.6. The smallest absolute Gasteiger partial charge is 0.274 e. The summed E-state index contributed by atoms with van der Waals surface area (Å²) < 4.78 is 1.04. The number of aryl methyl sites for hydroxylation is 3. The Morgan fingerprint density at radius 1 is 1.07 bits per heavy atom. The van der Waals surface area contributed by atoms with E-state index in [1.165, 1.54) is 12.1 Å². The lowest BCUT2D eigenvalue weighted by Gasteiger charge is -2.15. The molecule has 1 fully saturated rings. The minimum absolute atomic E-state index is 0.187. The summed E-state index contributed by atoms with van der Waals surface area (Å²) in [7, 11) is 0. The number of carbonyl (C=O) groups excluding carboxylic acids is 2. The maximum absolute atomic E-state index is 12.5. The van der Waals surface area contributed by atoms with Gasteiger partial charge in [0.25, 0.3) is 11.5 Å². The van der Waals surface area contributed by atoms with E-state index in [9.17, 15) is 14.4 Å². The molecule has 1 saturated heterocycles. The SMILES string of the molecule is Cc1cc(C)c(NC(=O)Cn2nc(C(=O)N3CCCC3)ccc2=O)c(C)c1. The molecule has 0 radical (unpaired) electrons. The molecule has 0 spiro atoms. The van der Waals surface area contributed by atoms with Gasteiger partial charge >= 0.3 is 0 Å². The van der Waals surface area contributed by atoms with Crippen LogP contribution in [-0.2, 0) is 11.3 Å². The Bertz CT molecular complexity index is 919. The second-order valence-corrected chi connectivity index (χ2v) is 7.04. The van der Waals surface area contributed by atoms with Gasteiger partial charge in [0.1, 0.15) is 12.2 Å². The van der Waals surface area contributed by atoms with Crippen LogP contribution in [0.3, 0.4) is 0 Å². The third-order valence-electron chi connectivity index (χ3n) is 4.71. The molecule has 1 aliphatic heterocycles. The largest absolute Gasteiger partial charge is 0.337 e. The molecular weight excluding hydrogens is 344 g/mol. The highest BCUT2D eigenvalue weighted by Gasteiger charge is 2.21. The normalized spacial score (nSPS) is 13.7. The summed E-state index contributed by atoms with van der Waals surface area (Å²) in [4.78, 5) is 38.7. The Balaban J connectivity index is 1.77. The van der Waals surface area contributed by atoms with E-state index in [0.717, 1.165) is 39.9 Å². The van der Waals surface area contributed by atoms with Crippen molar-refractivity contribution in [2.75, 3.05) is 18.4 Å². The Labute approximate surface area is 158 Å². The lowest BCUT2D eigenvalue weighted by molar-refractivity contribution is -0.117. The van der Waals surface area contributed by atoms with Crippen molar-refractivity contribution in [1.29, 1.82) is 0 Å². The molecule has 0 unspecified atom stereocenters. The first-order valence-electron chi connectivity index (χ1n) is 9.10. The number of likely N-dealkylation sites (tertiary alicyclic amines) is 1. The van der Waals surface area contributed by atoms with Crippen LogP contribution in [0.5, 0.6) is 0 Å². The number of hydrogen-bond acceptors (Lipinski definition) is 4. The zero-order valence-electron chi connectivity index (χ0n) is 15.9. The van der Waals surface area contributed by atoms with Crippen molar-refractivity contribution in [2.45, 2.75) is 40.2 Å². The third kappa shape index (κ3) is 4.24. The molecule has 2 amide bonds. The van der Waals surface area contributed by atoms with E-state index < -0.39 is 5.56 Å². The van der Waals surface area contributed by atoms with Gasteiger partial charge in [0.05, 0.1) is 0 Å². The molecule has 1 aliphatic rings. The van der Waals surface area contributed by atoms with Crippen LogP contribution >= 0.6 is 0 Å². The predicted octanol–water partition coefficient (Wildman–Crippen LogP) is 2.04. The Kier molecular flexibility index (Phi) is 5.39. The molecule has 1 N–H and O–H groups in total. The summed E-state index contributed by atoms with van der Waals surface area (Å²) in [5.41, 5.74) is 3.54. The highest BCUT2D eigenvalue weighted by atomic mass is 16.2. The van der Waals surface area contributed by atoms with E-state index in [1.807, 2.05) is 32.9 Å². The summed E-state index contributed by atoms with van der Waals surface area (Å²) >= 11 is 0. The highest BCUT2D eigenvalue weighted by molar-refractivity contribution is 5.93. The lowest BCUT2D eigenvalue weighted by Crippen LogP contribution is -2.34. The fourth-order valence-corrected chi connectivity index (χ4v) is 3.45. The van der Waals surface area contributed by atoms with E-state index in [4.69, 9.17) is 0 Å². The van der Waals surface area contributed by atoms with E-state index in [2.05, 4.69) is 10.4 Å². The standard InChI is InChI=1S/C20H24N4O3/c1-13-10-14(2)19(15(3)11-13)21-17(25)12-24-18(26)7-6-16(22-24)20(27)23-8-4-5-9-23/h6-7,10-11H,4-5,8-9,12H2,1-3H3,(H,21,25). The third-order valence-corrected chi connectivity index (χ3v) is 4.71. The van der Waals surface area contributed by atoms with Crippen molar-refractivity contribution in [1.82, 2.24) is 14.7 Å². The Hall–Kier alpha value is -2.96.